The third kappa shape index (κ3) is 5.22. The van der Waals surface area contributed by atoms with Crippen molar-refractivity contribution in [2.24, 2.45) is 0 Å². The highest BCUT2D eigenvalue weighted by Gasteiger charge is 2.15. The van der Waals surface area contributed by atoms with Crippen LogP contribution in [0.4, 0.5) is 13.2 Å². The van der Waals surface area contributed by atoms with Crippen molar-refractivity contribution in [1.82, 2.24) is 0 Å². The minimum atomic E-state index is -1.02. The summed E-state index contributed by atoms with van der Waals surface area (Å²) in [5, 5.41) is 0. The van der Waals surface area contributed by atoms with Gasteiger partial charge in [-0.1, -0.05) is 44.0 Å². The predicted molar refractivity (Wildman–Crippen MR) is 117 cm³/mol. The number of hydrogen-bond acceptors (Lipinski definition) is 2. The summed E-state index contributed by atoms with van der Waals surface area (Å²) in [5.41, 5.74) is 2.78. The summed E-state index contributed by atoms with van der Waals surface area (Å²) in [4.78, 5) is 0. The summed E-state index contributed by atoms with van der Waals surface area (Å²) in [7, 11) is 1.29. The lowest BCUT2D eigenvalue weighted by molar-refractivity contribution is 0.304. The van der Waals surface area contributed by atoms with Crippen LogP contribution in [0, 0.1) is 24.4 Å². The summed E-state index contributed by atoms with van der Waals surface area (Å²) in [6.07, 6.45) is 3.91. The van der Waals surface area contributed by atoms with Crippen LogP contribution in [0.5, 0.6) is 11.5 Å². The standard InChI is InChI=1S/C26H27F3O2/c1-4-5-6-7-19-8-9-20(17(2)24(19)27)16-31-21-12-10-18(11-13-21)22-14-15-23(30-3)26(29)25(22)28/h8-15H,4-7,16H2,1-3H3. The first kappa shape index (κ1) is 22.7. The number of ether oxygens (including phenoxy) is 2. The minimum absolute atomic E-state index is 0.139. The smallest absolute Gasteiger partial charge is 0.201 e. The molecule has 0 N–H and O–H groups in total. The molecular formula is C26H27F3O2. The highest BCUT2D eigenvalue weighted by molar-refractivity contribution is 5.66. The minimum Gasteiger partial charge on any atom is -0.494 e. The van der Waals surface area contributed by atoms with Crippen LogP contribution in [0.3, 0.4) is 0 Å². The molecule has 0 atom stereocenters. The van der Waals surface area contributed by atoms with E-state index in [0.29, 0.717) is 16.9 Å². The van der Waals surface area contributed by atoms with Gasteiger partial charge in [-0.05, 0) is 66.3 Å². The molecule has 0 bridgehead atoms. The molecule has 5 heteroatoms. The Hall–Kier alpha value is -2.95. The molecule has 164 valence electrons. The van der Waals surface area contributed by atoms with Crippen molar-refractivity contribution in [2.75, 3.05) is 7.11 Å². The zero-order valence-electron chi connectivity index (χ0n) is 18.1. The van der Waals surface area contributed by atoms with Gasteiger partial charge in [0.25, 0.3) is 0 Å². The molecule has 0 aliphatic rings. The molecule has 0 aliphatic heterocycles. The van der Waals surface area contributed by atoms with Crippen LogP contribution in [0.25, 0.3) is 11.1 Å². The summed E-state index contributed by atoms with van der Waals surface area (Å²) in [6, 6.07) is 13.3. The third-order valence-corrected chi connectivity index (χ3v) is 5.45. The van der Waals surface area contributed by atoms with E-state index in [9.17, 15) is 13.2 Å². The Bertz CT molecular complexity index is 1030. The third-order valence-electron chi connectivity index (χ3n) is 5.45. The highest BCUT2D eigenvalue weighted by atomic mass is 19.2. The van der Waals surface area contributed by atoms with Crippen molar-refractivity contribution in [1.29, 1.82) is 0 Å². The van der Waals surface area contributed by atoms with E-state index < -0.39 is 11.6 Å². The Kier molecular flexibility index (Phi) is 7.61. The van der Waals surface area contributed by atoms with Gasteiger partial charge in [0.2, 0.25) is 5.82 Å². The Morgan fingerprint density at radius 1 is 0.774 bits per heavy atom. The van der Waals surface area contributed by atoms with E-state index in [1.165, 1.54) is 19.2 Å². The summed E-state index contributed by atoms with van der Waals surface area (Å²) < 4.78 is 53.5. The first-order chi connectivity index (χ1) is 15.0. The van der Waals surface area contributed by atoms with Gasteiger partial charge in [-0.25, -0.2) is 8.78 Å². The van der Waals surface area contributed by atoms with E-state index in [2.05, 4.69) is 6.92 Å². The van der Waals surface area contributed by atoms with Crippen LogP contribution < -0.4 is 9.47 Å². The molecule has 0 aliphatic carbocycles. The van der Waals surface area contributed by atoms with E-state index in [4.69, 9.17) is 9.47 Å². The molecule has 31 heavy (non-hydrogen) atoms. The van der Waals surface area contributed by atoms with Crippen LogP contribution in [-0.2, 0) is 13.0 Å². The maximum atomic E-state index is 14.6. The fraction of sp³-hybridized carbons (Fsp3) is 0.308. The average molecular weight is 428 g/mol. The van der Waals surface area contributed by atoms with Crippen LogP contribution >= 0.6 is 0 Å². The number of methoxy groups -OCH3 is 1. The molecule has 0 aromatic heterocycles. The quantitative estimate of drug-likeness (QED) is 0.331. The molecule has 0 spiro atoms. The SMILES string of the molecule is CCCCCc1ccc(COc2ccc(-c3ccc(OC)c(F)c3F)cc2)c(C)c1F. The summed E-state index contributed by atoms with van der Waals surface area (Å²) >= 11 is 0. The Morgan fingerprint density at radius 3 is 2.16 bits per heavy atom. The molecule has 0 saturated heterocycles. The van der Waals surface area contributed by atoms with Gasteiger partial charge in [0.1, 0.15) is 18.2 Å². The van der Waals surface area contributed by atoms with Gasteiger partial charge in [-0.2, -0.15) is 4.39 Å². The second-order valence-corrected chi connectivity index (χ2v) is 7.54. The summed E-state index contributed by atoms with van der Waals surface area (Å²) in [6.45, 7) is 4.12. The number of halogens is 3. The molecular weight excluding hydrogens is 401 g/mol. The van der Waals surface area contributed by atoms with Crippen molar-refractivity contribution in [3.05, 3.63) is 82.7 Å². The average Bonchev–Trinajstić information content (AvgIpc) is 2.78. The molecule has 2 nitrogen and oxygen atoms in total. The zero-order chi connectivity index (χ0) is 22.4. The number of hydrogen-bond donors (Lipinski definition) is 0. The Labute approximate surface area is 181 Å². The number of unbranched alkanes of at least 4 members (excludes halogenated alkanes) is 2. The van der Waals surface area contributed by atoms with Gasteiger partial charge in [-0.3, -0.25) is 0 Å². The first-order valence-corrected chi connectivity index (χ1v) is 10.5. The lowest BCUT2D eigenvalue weighted by atomic mass is 10.0. The normalized spacial score (nSPS) is 10.9. The van der Waals surface area contributed by atoms with Crippen molar-refractivity contribution in [2.45, 2.75) is 46.1 Å². The maximum absolute atomic E-state index is 14.6. The van der Waals surface area contributed by atoms with Gasteiger partial charge in [-0.15, -0.1) is 0 Å². The van der Waals surface area contributed by atoms with E-state index in [0.717, 1.165) is 36.8 Å². The van der Waals surface area contributed by atoms with Crippen LogP contribution in [-0.4, -0.2) is 7.11 Å². The Balaban J connectivity index is 1.69. The fourth-order valence-corrected chi connectivity index (χ4v) is 3.50. The molecule has 0 saturated carbocycles. The lowest BCUT2D eigenvalue weighted by Gasteiger charge is -2.13. The Morgan fingerprint density at radius 2 is 1.48 bits per heavy atom. The van der Waals surface area contributed by atoms with Crippen molar-refractivity contribution < 1.29 is 22.6 Å². The van der Waals surface area contributed by atoms with E-state index in [1.807, 2.05) is 12.1 Å². The van der Waals surface area contributed by atoms with E-state index in [-0.39, 0.29) is 23.7 Å². The van der Waals surface area contributed by atoms with Crippen molar-refractivity contribution in [3.8, 4) is 22.6 Å². The zero-order valence-corrected chi connectivity index (χ0v) is 18.1. The monoisotopic (exact) mass is 428 g/mol. The largest absolute Gasteiger partial charge is 0.494 e. The van der Waals surface area contributed by atoms with Crippen LogP contribution in [0.1, 0.15) is 42.9 Å². The van der Waals surface area contributed by atoms with E-state index in [1.54, 1.807) is 31.2 Å². The molecule has 3 aromatic carbocycles. The molecule has 0 heterocycles. The van der Waals surface area contributed by atoms with Gasteiger partial charge in [0.15, 0.2) is 11.6 Å². The van der Waals surface area contributed by atoms with Gasteiger partial charge < -0.3 is 9.47 Å². The van der Waals surface area contributed by atoms with Crippen LogP contribution in [0.15, 0.2) is 48.5 Å². The second-order valence-electron chi connectivity index (χ2n) is 7.54. The number of rotatable bonds is 9. The van der Waals surface area contributed by atoms with Gasteiger partial charge in [0.05, 0.1) is 7.11 Å². The van der Waals surface area contributed by atoms with Gasteiger partial charge in [0, 0.05) is 5.56 Å². The lowest BCUT2D eigenvalue weighted by Crippen LogP contribution is -2.03. The molecule has 3 aromatic rings. The number of aryl methyl sites for hydroxylation is 1. The second kappa shape index (κ2) is 10.4. The number of benzene rings is 3. The van der Waals surface area contributed by atoms with Crippen molar-refractivity contribution in [3.63, 3.8) is 0 Å². The molecule has 0 radical (unpaired) electrons. The van der Waals surface area contributed by atoms with Crippen LogP contribution in [0.2, 0.25) is 0 Å². The molecule has 0 unspecified atom stereocenters. The fourth-order valence-electron chi connectivity index (χ4n) is 3.50. The van der Waals surface area contributed by atoms with Crippen molar-refractivity contribution >= 4 is 0 Å². The van der Waals surface area contributed by atoms with E-state index >= 15 is 0 Å². The maximum Gasteiger partial charge on any atom is 0.201 e. The first-order valence-electron chi connectivity index (χ1n) is 10.5. The highest BCUT2D eigenvalue weighted by Crippen LogP contribution is 2.31. The summed E-state index contributed by atoms with van der Waals surface area (Å²) in [5.74, 6) is -1.72. The predicted octanol–water partition coefficient (Wildman–Crippen LogP) is 7.40. The van der Waals surface area contributed by atoms with Gasteiger partial charge >= 0.3 is 0 Å². The topological polar surface area (TPSA) is 18.5 Å². The molecule has 0 fully saturated rings. The molecule has 0 amide bonds. The molecule has 3 rings (SSSR count).